The molecule has 0 spiro atoms. The molecule has 1 heterocycles. The normalized spacial score (nSPS) is 23.0. The third-order valence-electron chi connectivity index (χ3n) is 3.51. The quantitative estimate of drug-likeness (QED) is 0.881. The van der Waals surface area contributed by atoms with E-state index in [0.29, 0.717) is 32.2 Å². The summed E-state index contributed by atoms with van der Waals surface area (Å²) in [5.41, 5.74) is 0. The van der Waals surface area contributed by atoms with E-state index in [4.69, 9.17) is 5.11 Å². The number of hydrogen-bond acceptors (Lipinski definition) is 3. The fourth-order valence-corrected chi connectivity index (χ4v) is 3.79. The van der Waals surface area contributed by atoms with Crippen LogP contribution in [0.15, 0.2) is 15.9 Å². The summed E-state index contributed by atoms with van der Waals surface area (Å²) in [6.07, 6.45) is 2.57. The largest absolute Gasteiger partial charge is 0.481 e. The van der Waals surface area contributed by atoms with Crippen LogP contribution < -0.4 is 5.32 Å². The molecule has 104 valence electrons. The second-order valence-corrected chi connectivity index (χ2v) is 7.36. The molecule has 1 aromatic rings. The van der Waals surface area contributed by atoms with Crippen molar-refractivity contribution in [3.05, 3.63) is 20.8 Å². The minimum absolute atomic E-state index is 0.0287. The van der Waals surface area contributed by atoms with Crippen LogP contribution in [-0.4, -0.2) is 17.0 Å². The number of aliphatic carboxylic acids is 1. The molecule has 2 N–H and O–H groups in total. The molecule has 0 unspecified atom stereocenters. The van der Waals surface area contributed by atoms with Crippen LogP contribution in [0.3, 0.4) is 0 Å². The minimum Gasteiger partial charge on any atom is -0.481 e. The van der Waals surface area contributed by atoms with Gasteiger partial charge in [-0.25, -0.2) is 0 Å². The lowest BCUT2D eigenvalue weighted by atomic mass is 9.81. The number of hydrogen-bond donors (Lipinski definition) is 2. The number of carbonyl (C=O) groups is 2. The van der Waals surface area contributed by atoms with Crippen molar-refractivity contribution in [2.24, 2.45) is 11.8 Å². The maximum Gasteiger partial charge on any atom is 0.306 e. The van der Waals surface area contributed by atoms with Crippen LogP contribution in [0.1, 0.15) is 30.6 Å². The highest BCUT2D eigenvalue weighted by Crippen LogP contribution is 2.29. The van der Waals surface area contributed by atoms with Gasteiger partial charge in [0, 0.05) is 10.8 Å². The summed E-state index contributed by atoms with van der Waals surface area (Å²) in [6.45, 7) is 0.550. The lowest BCUT2D eigenvalue weighted by Gasteiger charge is -2.25. The Hall–Kier alpha value is -0.880. The number of carboxylic acids is 1. The molecule has 0 bridgehead atoms. The van der Waals surface area contributed by atoms with Crippen molar-refractivity contribution in [3.63, 3.8) is 0 Å². The molecule has 0 atom stereocenters. The Morgan fingerprint density at radius 2 is 1.89 bits per heavy atom. The van der Waals surface area contributed by atoms with Crippen LogP contribution in [0, 0.1) is 11.8 Å². The van der Waals surface area contributed by atoms with Gasteiger partial charge < -0.3 is 10.4 Å². The average Bonchev–Trinajstić information content (AvgIpc) is 2.82. The Kier molecular flexibility index (Phi) is 4.99. The van der Waals surface area contributed by atoms with E-state index in [1.807, 2.05) is 12.1 Å². The van der Waals surface area contributed by atoms with E-state index >= 15 is 0 Å². The summed E-state index contributed by atoms with van der Waals surface area (Å²) in [4.78, 5) is 23.9. The maximum atomic E-state index is 12.0. The summed E-state index contributed by atoms with van der Waals surface area (Å²) in [6, 6.07) is 3.95. The first-order valence-corrected chi connectivity index (χ1v) is 7.92. The van der Waals surface area contributed by atoms with E-state index in [9.17, 15) is 9.59 Å². The van der Waals surface area contributed by atoms with Crippen LogP contribution in [0.25, 0.3) is 0 Å². The van der Waals surface area contributed by atoms with E-state index in [-0.39, 0.29) is 17.7 Å². The van der Waals surface area contributed by atoms with Crippen molar-refractivity contribution in [1.82, 2.24) is 5.32 Å². The maximum absolute atomic E-state index is 12.0. The molecule has 19 heavy (non-hydrogen) atoms. The summed E-state index contributed by atoms with van der Waals surface area (Å²) in [7, 11) is 0. The Bertz CT molecular complexity index is 466. The molecular formula is C13H16BrNO3S. The fourth-order valence-electron chi connectivity index (χ4n) is 2.37. The third-order valence-corrected chi connectivity index (χ3v) is 5.14. The Morgan fingerprint density at radius 1 is 1.26 bits per heavy atom. The van der Waals surface area contributed by atoms with Gasteiger partial charge in [-0.05, 0) is 53.7 Å². The summed E-state index contributed by atoms with van der Waals surface area (Å²) in [5.74, 6) is -0.980. The average molecular weight is 346 g/mol. The number of rotatable bonds is 4. The molecule has 1 aliphatic carbocycles. The SMILES string of the molecule is O=C(O)C1CCC(C(=O)NCc2ccc(Br)s2)CC1. The number of carboxylic acid groups (broad SMARTS) is 1. The van der Waals surface area contributed by atoms with Gasteiger partial charge in [0.2, 0.25) is 5.91 Å². The van der Waals surface area contributed by atoms with Crippen molar-refractivity contribution in [2.45, 2.75) is 32.2 Å². The summed E-state index contributed by atoms with van der Waals surface area (Å²) < 4.78 is 1.05. The third kappa shape index (κ3) is 4.04. The number of thiophene rings is 1. The van der Waals surface area contributed by atoms with Crippen LogP contribution in [0.4, 0.5) is 0 Å². The second kappa shape index (κ2) is 6.52. The van der Waals surface area contributed by atoms with E-state index in [1.54, 1.807) is 11.3 Å². The van der Waals surface area contributed by atoms with Gasteiger partial charge in [0.15, 0.2) is 0 Å². The van der Waals surface area contributed by atoms with Gasteiger partial charge in [0.1, 0.15) is 0 Å². The highest BCUT2D eigenvalue weighted by molar-refractivity contribution is 9.11. The minimum atomic E-state index is -0.734. The highest BCUT2D eigenvalue weighted by atomic mass is 79.9. The molecule has 0 radical (unpaired) electrons. The first kappa shape index (κ1) is 14.5. The van der Waals surface area contributed by atoms with Crippen LogP contribution >= 0.6 is 27.3 Å². The predicted octanol–water partition coefficient (Wildman–Crippen LogP) is 3.02. The topological polar surface area (TPSA) is 66.4 Å². The van der Waals surface area contributed by atoms with Gasteiger partial charge in [-0.1, -0.05) is 0 Å². The zero-order chi connectivity index (χ0) is 13.8. The zero-order valence-corrected chi connectivity index (χ0v) is 12.8. The smallest absolute Gasteiger partial charge is 0.306 e. The van der Waals surface area contributed by atoms with Gasteiger partial charge in [0.25, 0.3) is 0 Å². The van der Waals surface area contributed by atoms with Gasteiger partial charge >= 0.3 is 5.97 Å². The van der Waals surface area contributed by atoms with Gasteiger partial charge in [0.05, 0.1) is 16.2 Å². The molecule has 1 fully saturated rings. The number of carbonyl (C=O) groups excluding carboxylic acids is 1. The monoisotopic (exact) mass is 345 g/mol. The van der Waals surface area contributed by atoms with Crippen molar-refractivity contribution in [3.8, 4) is 0 Å². The van der Waals surface area contributed by atoms with E-state index in [2.05, 4.69) is 21.2 Å². The van der Waals surface area contributed by atoms with Crippen molar-refractivity contribution < 1.29 is 14.7 Å². The van der Waals surface area contributed by atoms with E-state index in [1.165, 1.54) is 0 Å². The van der Waals surface area contributed by atoms with Crippen LogP contribution in [-0.2, 0) is 16.1 Å². The molecule has 2 rings (SSSR count). The lowest BCUT2D eigenvalue weighted by Crippen LogP contribution is -2.33. The molecule has 0 aromatic carbocycles. The Balaban J connectivity index is 1.77. The Labute approximate surface area is 124 Å². The van der Waals surface area contributed by atoms with Crippen LogP contribution in [0.5, 0.6) is 0 Å². The fraction of sp³-hybridized carbons (Fsp3) is 0.538. The van der Waals surface area contributed by atoms with Gasteiger partial charge in [-0.3, -0.25) is 9.59 Å². The molecular weight excluding hydrogens is 330 g/mol. The molecule has 0 aliphatic heterocycles. The van der Waals surface area contributed by atoms with Crippen molar-refractivity contribution in [1.29, 1.82) is 0 Å². The van der Waals surface area contributed by atoms with Crippen molar-refractivity contribution >= 4 is 39.1 Å². The molecule has 0 saturated heterocycles. The summed E-state index contributed by atoms with van der Waals surface area (Å²) in [5, 5.41) is 11.8. The Morgan fingerprint density at radius 3 is 2.42 bits per heavy atom. The molecule has 1 saturated carbocycles. The van der Waals surface area contributed by atoms with Crippen LogP contribution in [0.2, 0.25) is 0 Å². The zero-order valence-electron chi connectivity index (χ0n) is 10.4. The first-order chi connectivity index (χ1) is 9.06. The predicted molar refractivity (Wildman–Crippen MR) is 76.9 cm³/mol. The van der Waals surface area contributed by atoms with E-state index in [0.717, 1.165) is 8.66 Å². The second-order valence-electron chi connectivity index (χ2n) is 4.81. The van der Waals surface area contributed by atoms with Gasteiger partial charge in [-0.2, -0.15) is 0 Å². The molecule has 1 aromatic heterocycles. The highest BCUT2D eigenvalue weighted by Gasteiger charge is 2.29. The standard InChI is InChI=1S/C13H16BrNO3S/c14-11-6-5-10(19-11)7-15-12(16)8-1-3-9(4-2-8)13(17)18/h5-6,8-9H,1-4,7H2,(H,15,16)(H,17,18). The molecule has 1 aliphatic rings. The number of amides is 1. The molecule has 1 amide bonds. The lowest BCUT2D eigenvalue weighted by molar-refractivity contribution is -0.144. The van der Waals surface area contributed by atoms with E-state index < -0.39 is 5.97 Å². The van der Waals surface area contributed by atoms with Crippen molar-refractivity contribution in [2.75, 3.05) is 0 Å². The number of halogens is 1. The molecule has 6 heteroatoms. The summed E-state index contributed by atoms with van der Waals surface area (Å²) >= 11 is 4.99. The number of nitrogens with one attached hydrogen (secondary N) is 1. The molecule has 4 nitrogen and oxygen atoms in total. The van der Waals surface area contributed by atoms with Gasteiger partial charge in [-0.15, -0.1) is 11.3 Å². The first-order valence-electron chi connectivity index (χ1n) is 6.31.